The average molecular weight is 300 g/mol. The third-order valence-electron chi connectivity index (χ3n) is 3.24. The Morgan fingerprint density at radius 2 is 2.05 bits per heavy atom. The van der Waals surface area contributed by atoms with Crippen molar-refractivity contribution in [2.75, 3.05) is 7.11 Å². The summed E-state index contributed by atoms with van der Waals surface area (Å²) in [6.07, 6.45) is 3.20. The van der Waals surface area contributed by atoms with Crippen LogP contribution in [0.5, 0.6) is 0 Å². The highest BCUT2D eigenvalue weighted by molar-refractivity contribution is 5.90. The Kier molecular flexibility index (Phi) is 3.74. The highest BCUT2D eigenvalue weighted by Crippen LogP contribution is 2.19. The Morgan fingerprint density at radius 1 is 1.27 bits per heavy atom. The minimum absolute atomic E-state index is 0.290. The molecule has 2 heterocycles. The molecule has 0 saturated carbocycles. The van der Waals surface area contributed by atoms with E-state index in [2.05, 4.69) is 5.10 Å². The third-order valence-corrected chi connectivity index (χ3v) is 3.24. The van der Waals surface area contributed by atoms with Gasteiger partial charge in [-0.1, -0.05) is 0 Å². The van der Waals surface area contributed by atoms with E-state index in [4.69, 9.17) is 9.15 Å². The Balaban J connectivity index is 1.82. The predicted molar refractivity (Wildman–Crippen MR) is 76.8 cm³/mol. The maximum Gasteiger partial charge on any atom is 0.341 e. The molecule has 3 rings (SSSR count). The van der Waals surface area contributed by atoms with E-state index in [1.807, 2.05) is 6.07 Å². The molecule has 0 N–H and O–H groups in total. The highest BCUT2D eigenvalue weighted by Gasteiger charge is 2.15. The van der Waals surface area contributed by atoms with Gasteiger partial charge in [0.25, 0.3) is 0 Å². The molecule has 0 bridgehead atoms. The van der Waals surface area contributed by atoms with E-state index in [9.17, 15) is 9.18 Å². The molecule has 0 aliphatic heterocycles. The third kappa shape index (κ3) is 2.76. The van der Waals surface area contributed by atoms with Gasteiger partial charge in [-0.3, -0.25) is 4.68 Å². The Labute approximate surface area is 125 Å². The van der Waals surface area contributed by atoms with Crippen molar-refractivity contribution < 1.29 is 18.3 Å². The first kappa shape index (κ1) is 14.1. The average Bonchev–Trinajstić information content (AvgIpc) is 3.17. The number of nitrogens with zero attached hydrogens (tertiary/aromatic N) is 2. The molecule has 0 radical (unpaired) electrons. The lowest BCUT2D eigenvalue weighted by Gasteiger charge is -2.02. The molecule has 0 fully saturated rings. The van der Waals surface area contributed by atoms with Gasteiger partial charge >= 0.3 is 5.97 Å². The van der Waals surface area contributed by atoms with Gasteiger partial charge < -0.3 is 9.15 Å². The van der Waals surface area contributed by atoms with E-state index in [1.54, 1.807) is 29.1 Å². The zero-order chi connectivity index (χ0) is 15.5. The number of rotatable bonds is 4. The second-order valence-electron chi connectivity index (χ2n) is 4.65. The molecule has 5 nitrogen and oxygen atoms in total. The molecule has 112 valence electrons. The van der Waals surface area contributed by atoms with Crippen LogP contribution in [0.3, 0.4) is 0 Å². The molecule has 0 spiro atoms. The van der Waals surface area contributed by atoms with Gasteiger partial charge in [0.05, 0.1) is 25.6 Å². The van der Waals surface area contributed by atoms with Crippen molar-refractivity contribution in [2.45, 2.75) is 6.54 Å². The monoisotopic (exact) mass is 300 g/mol. The summed E-state index contributed by atoms with van der Waals surface area (Å²) in [5, 5.41) is 4.39. The lowest BCUT2D eigenvalue weighted by molar-refractivity contribution is 0.0598. The molecule has 1 aromatic carbocycles. The summed E-state index contributed by atoms with van der Waals surface area (Å²) in [4.78, 5) is 11.6. The smallest absolute Gasteiger partial charge is 0.341 e. The van der Waals surface area contributed by atoms with Crippen LogP contribution < -0.4 is 0 Å². The molecular formula is C16H13FN2O3. The molecule has 0 amide bonds. The number of furan rings is 1. The topological polar surface area (TPSA) is 57.3 Å². The quantitative estimate of drug-likeness (QED) is 0.695. The van der Waals surface area contributed by atoms with Crippen LogP contribution in [-0.4, -0.2) is 22.9 Å². The van der Waals surface area contributed by atoms with Gasteiger partial charge in [0.15, 0.2) is 0 Å². The van der Waals surface area contributed by atoms with Crippen molar-refractivity contribution in [3.63, 3.8) is 0 Å². The van der Waals surface area contributed by atoms with Crippen LogP contribution in [0, 0.1) is 5.82 Å². The molecule has 2 aromatic heterocycles. The summed E-state index contributed by atoms with van der Waals surface area (Å²) in [7, 11) is 1.32. The van der Waals surface area contributed by atoms with E-state index >= 15 is 0 Å². The first-order valence-electron chi connectivity index (χ1n) is 6.61. The summed E-state index contributed by atoms with van der Waals surface area (Å²) in [5.74, 6) is -0.267. The van der Waals surface area contributed by atoms with Crippen LogP contribution >= 0.6 is 0 Å². The van der Waals surface area contributed by atoms with Gasteiger partial charge in [0.1, 0.15) is 17.1 Å². The van der Waals surface area contributed by atoms with Gasteiger partial charge in [0.2, 0.25) is 0 Å². The summed E-state index contributed by atoms with van der Waals surface area (Å²) in [5.41, 5.74) is 1.90. The van der Waals surface area contributed by atoms with E-state index in [1.165, 1.54) is 25.5 Å². The number of benzene rings is 1. The lowest BCUT2D eigenvalue weighted by Crippen LogP contribution is -2.07. The van der Waals surface area contributed by atoms with Crippen LogP contribution in [0.2, 0.25) is 0 Å². The van der Waals surface area contributed by atoms with Crippen molar-refractivity contribution in [1.29, 1.82) is 0 Å². The van der Waals surface area contributed by atoms with E-state index in [0.717, 1.165) is 5.56 Å². The number of ether oxygens (including phenoxy) is 1. The van der Waals surface area contributed by atoms with Crippen LogP contribution in [0.15, 0.2) is 53.3 Å². The van der Waals surface area contributed by atoms with Crippen molar-refractivity contribution >= 4 is 5.97 Å². The first-order chi connectivity index (χ1) is 10.7. The molecule has 6 heteroatoms. The van der Waals surface area contributed by atoms with Gasteiger partial charge in [-0.15, -0.1) is 0 Å². The predicted octanol–water partition coefficient (Wildman–Crippen LogP) is 3.12. The van der Waals surface area contributed by atoms with Gasteiger partial charge in [-0.2, -0.15) is 5.10 Å². The van der Waals surface area contributed by atoms with Crippen molar-refractivity contribution in [3.8, 4) is 11.3 Å². The molecule has 0 aliphatic carbocycles. The lowest BCUT2D eigenvalue weighted by atomic mass is 10.1. The standard InChI is InChI=1S/C16H13FN2O3/c1-21-16(20)13-7-9-22-15(13)10-19-8-6-14(18-19)11-2-4-12(17)5-3-11/h2-9H,10H2,1H3. The van der Waals surface area contributed by atoms with Crippen LogP contribution in [0.25, 0.3) is 11.3 Å². The minimum Gasteiger partial charge on any atom is -0.466 e. The summed E-state index contributed by atoms with van der Waals surface area (Å²) in [6.45, 7) is 0.304. The number of hydrogen-bond donors (Lipinski definition) is 0. The number of carbonyl (C=O) groups excluding carboxylic acids is 1. The van der Waals surface area contributed by atoms with Gasteiger partial charge in [0, 0.05) is 11.8 Å². The second kappa shape index (κ2) is 5.85. The number of esters is 1. The van der Waals surface area contributed by atoms with E-state index in [-0.39, 0.29) is 5.82 Å². The van der Waals surface area contributed by atoms with Crippen LogP contribution in [-0.2, 0) is 11.3 Å². The summed E-state index contributed by atoms with van der Waals surface area (Å²) < 4.78 is 24.6. The molecular weight excluding hydrogens is 287 g/mol. The molecule has 3 aromatic rings. The second-order valence-corrected chi connectivity index (χ2v) is 4.65. The van der Waals surface area contributed by atoms with Crippen molar-refractivity contribution in [3.05, 3.63) is 66.0 Å². The number of carbonyl (C=O) groups is 1. The fourth-order valence-electron chi connectivity index (χ4n) is 2.13. The van der Waals surface area contributed by atoms with Crippen LogP contribution in [0.4, 0.5) is 4.39 Å². The molecule has 0 aliphatic rings. The Hall–Kier alpha value is -2.89. The minimum atomic E-state index is -0.449. The maximum atomic E-state index is 12.9. The molecule has 22 heavy (non-hydrogen) atoms. The normalized spacial score (nSPS) is 10.6. The molecule has 0 atom stereocenters. The maximum absolute atomic E-state index is 12.9. The highest BCUT2D eigenvalue weighted by atomic mass is 19.1. The number of hydrogen-bond acceptors (Lipinski definition) is 4. The zero-order valence-corrected chi connectivity index (χ0v) is 11.8. The van der Waals surface area contributed by atoms with E-state index < -0.39 is 5.97 Å². The molecule has 0 saturated heterocycles. The molecule has 0 unspecified atom stereocenters. The largest absolute Gasteiger partial charge is 0.466 e. The first-order valence-corrected chi connectivity index (χ1v) is 6.61. The SMILES string of the molecule is COC(=O)c1ccoc1Cn1ccc(-c2ccc(F)cc2)n1. The number of aromatic nitrogens is 2. The fraction of sp³-hybridized carbons (Fsp3) is 0.125. The number of methoxy groups -OCH3 is 1. The van der Waals surface area contributed by atoms with Crippen molar-refractivity contribution in [2.24, 2.45) is 0 Å². The fourth-order valence-corrected chi connectivity index (χ4v) is 2.13. The number of halogens is 1. The van der Waals surface area contributed by atoms with Gasteiger partial charge in [-0.25, -0.2) is 9.18 Å². The van der Waals surface area contributed by atoms with E-state index in [0.29, 0.717) is 23.6 Å². The summed E-state index contributed by atoms with van der Waals surface area (Å²) >= 11 is 0. The van der Waals surface area contributed by atoms with Crippen LogP contribution in [0.1, 0.15) is 16.1 Å². The Bertz CT molecular complexity index is 790. The Morgan fingerprint density at radius 3 is 2.77 bits per heavy atom. The van der Waals surface area contributed by atoms with Gasteiger partial charge in [-0.05, 0) is 36.4 Å². The van der Waals surface area contributed by atoms with Crippen molar-refractivity contribution in [1.82, 2.24) is 9.78 Å². The summed E-state index contributed by atoms with van der Waals surface area (Å²) in [6, 6.07) is 9.47. The zero-order valence-electron chi connectivity index (χ0n) is 11.8.